The van der Waals surface area contributed by atoms with Crippen LogP contribution in [-0.2, 0) is 0 Å². The number of aromatic hydroxyl groups is 1. The van der Waals surface area contributed by atoms with Crippen LogP contribution in [0.1, 0.15) is 24.2 Å². The molecule has 3 N–H and O–H groups in total. The highest BCUT2D eigenvalue weighted by Crippen LogP contribution is 2.08. The first kappa shape index (κ1) is 11.5. The smallest absolute Gasteiger partial charge is 0.253 e. The van der Waals surface area contributed by atoms with E-state index in [1.165, 1.54) is 18.5 Å². The maximum absolute atomic E-state index is 11.5. The second-order valence-electron chi connectivity index (χ2n) is 3.93. The second-order valence-corrected chi connectivity index (χ2v) is 3.93. The molecular formula is C10H14N2O3. The van der Waals surface area contributed by atoms with Crippen LogP contribution in [0.4, 0.5) is 0 Å². The van der Waals surface area contributed by atoms with Crippen molar-refractivity contribution in [1.29, 1.82) is 0 Å². The Morgan fingerprint density at radius 1 is 1.53 bits per heavy atom. The van der Waals surface area contributed by atoms with Gasteiger partial charge in [-0.15, -0.1) is 0 Å². The van der Waals surface area contributed by atoms with Crippen LogP contribution in [0.15, 0.2) is 18.5 Å². The number of nitrogens with one attached hydrogen (secondary N) is 1. The van der Waals surface area contributed by atoms with E-state index in [0.29, 0.717) is 0 Å². The number of pyridine rings is 1. The van der Waals surface area contributed by atoms with Gasteiger partial charge in [-0.05, 0) is 19.9 Å². The predicted octanol–water partition coefficient (Wildman–Crippen LogP) is 0.288. The molecule has 0 saturated heterocycles. The third kappa shape index (κ3) is 3.95. The summed E-state index contributed by atoms with van der Waals surface area (Å²) in [5.74, 6) is -0.438. The number of aliphatic hydroxyl groups is 1. The highest BCUT2D eigenvalue weighted by molar-refractivity contribution is 5.94. The van der Waals surface area contributed by atoms with Crippen molar-refractivity contribution < 1.29 is 15.0 Å². The maximum atomic E-state index is 11.5. The van der Waals surface area contributed by atoms with Crippen LogP contribution >= 0.6 is 0 Å². The molecule has 1 amide bonds. The van der Waals surface area contributed by atoms with Gasteiger partial charge >= 0.3 is 0 Å². The van der Waals surface area contributed by atoms with Gasteiger partial charge in [-0.25, -0.2) is 0 Å². The molecule has 0 fully saturated rings. The van der Waals surface area contributed by atoms with E-state index in [9.17, 15) is 9.90 Å². The summed E-state index contributed by atoms with van der Waals surface area (Å²) in [6.45, 7) is 3.32. The highest BCUT2D eigenvalue weighted by Gasteiger charge is 2.14. The van der Waals surface area contributed by atoms with Crippen molar-refractivity contribution in [1.82, 2.24) is 10.3 Å². The van der Waals surface area contributed by atoms with Crippen molar-refractivity contribution in [2.24, 2.45) is 0 Å². The number of carbonyl (C=O) groups excluding carboxylic acids is 1. The molecule has 0 aliphatic heterocycles. The van der Waals surface area contributed by atoms with Crippen molar-refractivity contribution in [2.45, 2.75) is 19.4 Å². The zero-order valence-electron chi connectivity index (χ0n) is 8.69. The lowest BCUT2D eigenvalue weighted by Gasteiger charge is -2.17. The van der Waals surface area contributed by atoms with E-state index < -0.39 is 5.60 Å². The first-order valence-electron chi connectivity index (χ1n) is 4.53. The van der Waals surface area contributed by atoms with E-state index in [0.717, 1.165) is 0 Å². The standard InChI is InChI=1S/C10H14N2O3/c1-10(2,15)6-12-9(14)7-3-8(13)5-11-4-7/h3-5,13,15H,6H2,1-2H3,(H,12,14). The summed E-state index contributed by atoms with van der Waals surface area (Å²) < 4.78 is 0. The van der Waals surface area contributed by atoms with E-state index in [1.807, 2.05) is 0 Å². The van der Waals surface area contributed by atoms with Gasteiger partial charge < -0.3 is 15.5 Å². The minimum atomic E-state index is -0.958. The molecule has 1 aromatic heterocycles. The van der Waals surface area contributed by atoms with Crippen LogP contribution in [0.5, 0.6) is 5.75 Å². The molecule has 5 nitrogen and oxygen atoms in total. The van der Waals surface area contributed by atoms with Gasteiger partial charge in [-0.3, -0.25) is 9.78 Å². The Bertz CT molecular complexity index is 358. The quantitative estimate of drug-likeness (QED) is 0.669. The largest absolute Gasteiger partial charge is 0.506 e. The monoisotopic (exact) mass is 210 g/mol. The average Bonchev–Trinajstić information content (AvgIpc) is 2.13. The van der Waals surface area contributed by atoms with Crippen LogP contribution in [0.25, 0.3) is 0 Å². The summed E-state index contributed by atoms with van der Waals surface area (Å²) in [7, 11) is 0. The number of hydrogen-bond acceptors (Lipinski definition) is 4. The summed E-state index contributed by atoms with van der Waals surface area (Å²) in [5.41, 5.74) is -0.695. The molecule has 0 unspecified atom stereocenters. The molecule has 0 bridgehead atoms. The minimum Gasteiger partial charge on any atom is -0.506 e. The zero-order valence-corrected chi connectivity index (χ0v) is 8.69. The molecule has 0 aromatic carbocycles. The Morgan fingerprint density at radius 3 is 2.73 bits per heavy atom. The van der Waals surface area contributed by atoms with Crippen LogP contribution in [-0.4, -0.2) is 33.3 Å². The lowest BCUT2D eigenvalue weighted by Crippen LogP contribution is -2.38. The van der Waals surface area contributed by atoms with Crippen LogP contribution in [0.3, 0.4) is 0 Å². The van der Waals surface area contributed by atoms with E-state index >= 15 is 0 Å². The third-order valence-electron chi connectivity index (χ3n) is 1.67. The van der Waals surface area contributed by atoms with Crippen molar-refractivity contribution in [3.63, 3.8) is 0 Å². The summed E-state index contributed by atoms with van der Waals surface area (Å²) in [6, 6.07) is 1.31. The fourth-order valence-electron chi connectivity index (χ4n) is 0.951. The summed E-state index contributed by atoms with van der Waals surface area (Å²) in [4.78, 5) is 15.1. The van der Waals surface area contributed by atoms with E-state index in [-0.39, 0.29) is 23.8 Å². The number of aromatic nitrogens is 1. The molecular weight excluding hydrogens is 196 g/mol. The van der Waals surface area contributed by atoms with E-state index in [2.05, 4.69) is 10.3 Å². The Labute approximate surface area is 87.8 Å². The van der Waals surface area contributed by atoms with E-state index in [4.69, 9.17) is 5.11 Å². The van der Waals surface area contributed by atoms with Crippen molar-refractivity contribution in [3.8, 4) is 5.75 Å². The summed E-state index contributed by atoms with van der Waals surface area (Å²) in [6.07, 6.45) is 2.59. The van der Waals surface area contributed by atoms with Gasteiger partial charge in [0.25, 0.3) is 5.91 Å². The van der Waals surface area contributed by atoms with Gasteiger partial charge in [0.1, 0.15) is 5.75 Å². The van der Waals surface area contributed by atoms with Gasteiger partial charge in [0.15, 0.2) is 0 Å². The Balaban J connectivity index is 2.62. The van der Waals surface area contributed by atoms with Crippen molar-refractivity contribution >= 4 is 5.91 Å². The number of rotatable bonds is 3. The Hall–Kier alpha value is -1.62. The molecule has 0 atom stereocenters. The van der Waals surface area contributed by atoms with E-state index in [1.54, 1.807) is 13.8 Å². The molecule has 15 heavy (non-hydrogen) atoms. The first-order chi connectivity index (χ1) is 6.88. The average molecular weight is 210 g/mol. The van der Waals surface area contributed by atoms with Gasteiger partial charge in [-0.2, -0.15) is 0 Å². The molecule has 1 aromatic rings. The lowest BCUT2D eigenvalue weighted by atomic mass is 10.1. The molecule has 0 aliphatic rings. The zero-order chi connectivity index (χ0) is 11.5. The van der Waals surface area contributed by atoms with Gasteiger partial charge in [0, 0.05) is 12.7 Å². The van der Waals surface area contributed by atoms with Crippen molar-refractivity contribution in [2.75, 3.05) is 6.54 Å². The Kier molecular flexibility index (Phi) is 3.26. The van der Waals surface area contributed by atoms with Gasteiger partial charge in [0.2, 0.25) is 0 Å². The molecule has 1 rings (SSSR count). The molecule has 82 valence electrons. The molecule has 0 aliphatic carbocycles. The summed E-state index contributed by atoms with van der Waals surface area (Å²) in [5, 5.41) is 21.0. The maximum Gasteiger partial charge on any atom is 0.253 e. The first-order valence-corrected chi connectivity index (χ1v) is 4.53. The molecule has 0 spiro atoms. The van der Waals surface area contributed by atoms with Gasteiger partial charge in [-0.1, -0.05) is 0 Å². The Morgan fingerprint density at radius 2 is 2.20 bits per heavy atom. The van der Waals surface area contributed by atoms with Crippen LogP contribution in [0, 0.1) is 0 Å². The lowest BCUT2D eigenvalue weighted by molar-refractivity contribution is 0.0694. The number of hydrogen-bond donors (Lipinski definition) is 3. The number of nitrogens with zero attached hydrogens (tertiary/aromatic N) is 1. The highest BCUT2D eigenvalue weighted by atomic mass is 16.3. The second kappa shape index (κ2) is 4.27. The predicted molar refractivity (Wildman–Crippen MR) is 54.5 cm³/mol. The SMILES string of the molecule is CC(C)(O)CNC(=O)c1cncc(O)c1. The molecule has 5 heteroatoms. The third-order valence-corrected chi connectivity index (χ3v) is 1.67. The van der Waals surface area contributed by atoms with Gasteiger partial charge in [0.05, 0.1) is 17.4 Å². The number of amides is 1. The fraction of sp³-hybridized carbons (Fsp3) is 0.400. The van der Waals surface area contributed by atoms with Crippen molar-refractivity contribution in [3.05, 3.63) is 24.0 Å². The molecule has 1 heterocycles. The number of carbonyl (C=O) groups is 1. The minimum absolute atomic E-state index is 0.0640. The van der Waals surface area contributed by atoms with Crippen LogP contribution < -0.4 is 5.32 Å². The molecule has 0 radical (unpaired) electrons. The summed E-state index contributed by atoms with van der Waals surface area (Å²) >= 11 is 0. The fourth-order valence-corrected chi connectivity index (χ4v) is 0.951. The normalized spacial score (nSPS) is 11.1. The van der Waals surface area contributed by atoms with Crippen LogP contribution in [0.2, 0.25) is 0 Å². The molecule has 0 saturated carbocycles. The topological polar surface area (TPSA) is 82.5 Å².